The van der Waals surface area contributed by atoms with Crippen LogP contribution in [0.2, 0.25) is 0 Å². The van der Waals surface area contributed by atoms with E-state index in [2.05, 4.69) is 21.9 Å². The predicted molar refractivity (Wildman–Crippen MR) is 219 cm³/mol. The Morgan fingerprint density at radius 3 is 2.47 bits per heavy atom. The molecule has 324 valence electrons. The van der Waals surface area contributed by atoms with Crippen molar-refractivity contribution < 1.29 is 51.6 Å². The molecule has 1 saturated heterocycles. The van der Waals surface area contributed by atoms with Gasteiger partial charge in [-0.05, 0) is 96.3 Å². The van der Waals surface area contributed by atoms with Crippen molar-refractivity contribution >= 4 is 44.6 Å². The van der Waals surface area contributed by atoms with E-state index in [0.29, 0.717) is 54.6 Å². The number of nitrogens with zero attached hydrogens (tertiary/aromatic N) is 3. The number of aromatic nitrogens is 1. The van der Waals surface area contributed by atoms with Crippen LogP contribution in [0.15, 0.2) is 36.5 Å². The van der Waals surface area contributed by atoms with Crippen molar-refractivity contribution in [3.8, 4) is 17.4 Å². The normalized spacial score (nSPS) is 28.8. The van der Waals surface area contributed by atoms with Gasteiger partial charge in [-0.25, -0.2) is 18.2 Å². The molecule has 4 amide bonds. The Kier molecular flexibility index (Phi) is 12.5. The van der Waals surface area contributed by atoms with Crippen LogP contribution in [0, 0.1) is 17.8 Å². The molecule has 3 heterocycles. The van der Waals surface area contributed by atoms with Gasteiger partial charge in [-0.15, -0.1) is 0 Å². The molecule has 0 radical (unpaired) electrons. The zero-order valence-corrected chi connectivity index (χ0v) is 36.1. The number of amides is 4. The van der Waals surface area contributed by atoms with E-state index < -0.39 is 79.7 Å². The van der Waals surface area contributed by atoms with Crippen molar-refractivity contribution in [3.05, 3.63) is 36.5 Å². The van der Waals surface area contributed by atoms with Crippen LogP contribution in [-0.4, -0.2) is 120 Å². The minimum atomic E-state index is -4.03. The summed E-state index contributed by atoms with van der Waals surface area (Å²) in [6.07, 6.45) is 6.09. The number of methoxy groups -OCH3 is 2. The molecule has 59 heavy (non-hydrogen) atoms. The predicted octanol–water partition coefficient (Wildman–Crippen LogP) is 4.65. The van der Waals surface area contributed by atoms with E-state index in [-0.39, 0.29) is 37.8 Å². The zero-order chi connectivity index (χ0) is 43.1. The number of carbonyl (C=O) groups is 4. The Bertz CT molecular complexity index is 2080. The molecule has 7 atom stereocenters. The fourth-order valence-electron chi connectivity index (χ4n) is 8.46. The summed E-state index contributed by atoms with van der Waals surface area (Å²) in [5, 5.41) is 14.8. The first kappa shape index (κ1) is 43.9. The average molecular weight is 842 g/mol. The van der Waals surface area contributed by atoms with Crippen LogP contribution in [0.4, 0.5) is 4.79 Å². The van der Waals surface area contributed by atoms with E-state index >= 15 is 4.79 Å². The van der Waals surface area contributed by atoms with Gasteiger partial charge in [0.2, 0.25) is 27.7 Å². The van der Waals surface area contributed by atoms with Gasteiger partial charge in [0.15, 0.2) is 0 Å². The molecule has 6 rings (SSSR count). The second kappa shape index (κ2) is 16.8. The van der Waals surface area contributed by atoms with Gasteiger partial charge in [-0.3, -0.25) is 24.0 Å². The summed E-state index contributed by atoms with van der Waals surface area (Å²) in [5.41, 5.74) is -2.57. The molecule has 2 aromatic rings. The minimum Gasteiger partial charge on any atom is -0.497 e. The fourth-order valence-corrected chi connectivity index (χ4v) is 9.78. The van der Waals surface area contributed by atoms with Gasteiger partial charge >= 0.3 is 6.09 Å². The number of pyridine rings is 1. The van der Waals surface area contributed by atoms with Crippen LogP contribution >= 0.6 is 0 Å². The maximum absolute atomic E-state index is 15.1. The Labute approximate surface area is 346 Å². The van der Waals surface area contributed by atoms with E-state index in [4.69, 9.17) is 18.9 Å². The van der Waals surface area contributed by atoms with Gasteiger partial charge in [0.25, 0.3) is 5.91 Å². The number of carboxylic acid groups (broad SMARTS) is 1. The molecular formula is C42H59N5O11S. The molecular weight excluding hydrogens is 783 g/mol. The van der Waals surface area contributed by atoms with E-state index in [1.807, 2.05) is 19.1 Å². The third-order valence-electron chi connectivity index (χ3n) is 12.3. The number of fused-ring (bicyclic) bond motifs is 3. The van der Waals surface area contributed by atoms with Crippen LogP contribution < -0.4 is 24.2 Å². The molecule has 1 aromatic carbocycles. The Hall–Kier alpha value is -4.64. The number of nitrogens with one attached hydrogen (secondary N) is 2. The quantitative estimate of drug-likeness (QED) is 0.209. The topological polar surface area (TPSA) is 203 Å². The number of carbonyl (C=O) groups excluding carboxylic acids is 3. The molecule has 3 fully saturated rings. The molecule has 3 N–H and O–H groups in total. The second-order valence-electron chi connectivity index (χ2n) is 17.9. The summed E-state index contributed by atoms with van der Waals surface area (Å²) in [7, 11) is -0.917. The van der Waals surface area contributed by atoms with Gasteiger partial charge in [0.05, 0.1) is 31.2 Å². The van der Waals surface area contributed by atoms with Crippen LogP contribution in [0.3, 0.4) is 0 Å². The highest BCUT2D eigenvalue weighted by Gasteiger charge is 2.63. The summed E-state index contributed by atoms with van der Waals surface area (Å²) in [6, 6.07) is 2.93. The van der Waals surface area contributed by atoms with Crippen molar-refractivity contribution in [2.75, 3.05) is 34.0 Å². The van der Waals surface area contributed by atoms with E-state index in [9.17, 15) is 27.9 Å². The Morgan fingerprint density at radius 1 is 1.10 bits per heavy atom. The van der Waals surface area contributed by atoms with Gasteiger partial charge < -0.3 is 34.3 Å². The SMILES string of the molecule is COCCOc1cnc(O[C@@H]2C[C@H]3C(=O)N[C@]4(C(=O)NS(=O)(=O)C5(C)CC5)C[C@H]4/C=C\CC[C@H](C)C[C@@H](C)[C@H](N(C(=O)O)C(C)(C)C)C(=O)N3C2)c2ccc(OC)cc12. The van der Waals surface area contributed by atoms with E-state index in [1.54, 1.807) is 60.1 Å². The monoisotopic (exact) mass is 841 g/mol. The standard InChI is InChI=1S/C42H59N5O11S/c1-25-11-9-10-12-27-22-42(27,38(50)45-59(53,54)41(6)15-16-41)44-35(48)32-21-29(24-46(32)37(49)34(26(2)19-25)47(39(51)52)40(3,4)5)58-36-30-14-13-28(56-8)20-31(30)33(23-43-36)57-18-17-55-7/h10,12-14,20,23,25-27,29,32,34H,9,11,15-19,21-22,24H2,1-8H3,(H,44,48)(H,45,50)(H,51,52)/b12-10-/t25-,26+,27+,29+,32-,34-,42+/m0/s1. The molecule has 2 aliphatic carbocycles. The maximum Gasteiger partial charge on any atom is 0.408 e. The highest BCUT2D eigenvalue weighted by atomic mass is 32.2. The molecule has 4 aliphatic rings. The number of benzene rings is 1. The van der Waals surface area contributed by atoms with Gasteiger partial charge in [-0.2, -0.15) is 0 Å². The molecule has 0 unspecified atom stereocenters. The molecule has 16 nitrogen and oxygen atoms in total. The number of hydrogen-bond donors (Lipinski definition) is 3. The summed E-state index contributed by atoms with van der Waals surface area (Å²) in [6.45, 7) is 11.2. The summed E-state index contributed by atoms with van der Waals surface area (Å²) in [4.78, 5) is 64.0. The van der Waals surface area contributed by atoms with Gasteiger partial charge in [0.1, 0.15) is 41.8 Å². The third-order valence-corrected chi connectivity index (χ3v) is 14.4. The van der Waals surface area contributed by atoms with Crippen molar-refractivity contribution in [1.29, 1.82) is 0 Å². The van der Waals surface area contributed by atoms with Gasteiger partial charge in [0, 0.05) is 35.8 Å². The molecule has 1 aromatic heterocycles. The Balaban J connectivity index is 1.39. The van der Waals surface area contributed by atoms with Crippen LogP contribution in [0.25, 0.3) is 10.8 Å². The number of hydrogen-bond acceptors (Lipinski definition) is 11. The lowest BCUT2D eigenvalue weighted by molar-refractivity contribution is -0.146. The summed E-state index contributed by atoms with van der Waals surface area (Å²) >= 11 is 0. The van der Waals surface area contributed by atoms with Crippen molar-refractivity contribution in [2.45, 2.75) is 121 Å². The first-order valence-corrected chi connectivity index (χ1v) is 21.9. The minimum absolute atomic E-state index is 0.0301. The first-order valence-electron chi connectivity index (χ1n) is 20.4. The first-order chi connectivity index (χ1) is 27.7. The lowest BCUT2D eigenvalue weighted by Crippen LogP contribution is -2.62. The van der Waals surface area contributed by atoms with Gasteiger partial charge in [-0.1, -0.05) is 26.0 Å². The molecule has 2 aliphatic heterocycles. The number of rotatable bonds is 11. The second-order valence-corrected chi connectivity index (χ2v) is 20.1. The molecule has 0 bridgehead atoms. The largest absolute Gasteiger partial charge is 0.497 e. The van der Waals surface area contributed by atoms with Crippen molar-refractivity contribution in [3.63, 3.8) is 0 Å². The van der Waals surface area contributed by atoms with E-state index in [0.717, 1.165) is 6.42 Å². The zero-order valence-electron chi connectivity index (χ0n) is 35.3. The molecule has 0 spiro atoms. The maximum atomic E-state index is 15.1. The highest BCUT2D eigenvalue weighted by molar-refractivity contribution is 7.91. The van der Waals surface area contributed by atoms with Crippen LogP contribution in [0.5, 0.6) is 17.4 Å². The lowest BCUT2D eigenvalue weighted by atomic mass is 9.85. The number of allylic oxidation sites excluding steroid dienone is 1. The number of sulfonamides is 1. The smallest absolute Gasteiger partial charge is 0.408 e. The van der Waals surface area contributed by atoms with Crippen molar-refractivity contribution in [2.24, 2.45) is 17.8 Å². The highest BCUT2D eigenvalue weighted by Crippen LogP contribution is 2.48. The summed E-state index contributed by atoms with van der Waals surface area (Å²) < 4.78 is 50.8. The average Bonchev–Trinajstić information content (AvgIpc) is 4.05. The van der Waals surface area contributed by atoms with E-state index in [1.165, 1.54) is 16.0 Å². The summed E-state index contributed by atoms with van der Waals surface area (Å²) in [5.74, 6) is -1.67. The third kappa shape index (κ3) is 9.10. The lowest BCUT2D eigenvalue weighted by Gasteiger charge is -2.43. The fraction of sp³-hybridized carbons (Fsp3) is 0.643. The number of ether oxygens (including phenoxy) is 4. The van der Waals surface area contributed by atoms with Crippen LogP contribution in [0.1, 0.15) is 86.5 Å². The molecule has 17 heteroatoms. The van der Waals surface area contributed by atoms with Crippen LogP contribution in [-0.2, 0) is 29.1 Å². The molecule has 2 saturated carbocycles. The van der Waals surface area contributed by atoms with Crippen molar-refractivity contribution in [1.82, 2.24) is 24.8 Å². The Morgan fingerprint density at radius 2 is 1.83 bits per heavy atom.